The van der Waals surface area contributed by atoms with Crippen molar-refractivity contribution in [3.05, 3.63) is 23.0 Å². The first-order chi connectivity index (χ1) is 7.22. The number of aliphatic hydroxyl groups excluding tert-OH is 1. The molecule has 0 fully saturated rings. The van der Waals surface area contributed by atoms with E-state index in [1.54, 1.807) is 0 Å². The minimum atomic E-state index is -0.316. The molecule has 1 unspecified atom stereocenters. The Bertz CT molecular complexity index is 339. The summed E-state index contributed by atoms with van der Waals surface area (Å²) >= 11 is 0. The predicted octanol–water partition coefficient (Wildman–Crippen LogP) is 2.07. The number of carbonyl (C=O) groups excluding carboxylic acids is 1. The van der Waals surface area contributed by atoms with E-state index in [9.17, 15) is 9.90 Å². The zero-order valence-electron chi connectivity index (χ0n) is 8.95. The topological polar surface area (TPSA) is 46.5 Å². The third-order valence-electron chi connectivity index (χ3n) is 2.90. The fourth-order valence-electron chi connectivity index (χ4n) is 2.06. The lowest BCUT2D eigenvalue weighted by atomic mass is 9.90. The maximum absolute atomic E-state index is 11.5. The van der Waals surface area contributed by atoms with E-state index < -0.39 is 0 Å². The molecule has 0 bridgehead atoms. The number of ether oxygens (including phenoxy) is 1. The fourth-order valence-corrected chi connectivity index (χ4v) is 2.06. The quantitative estimate of drug-likeness (QED) is 0.706. The number of esters is 1. The summed E-state index contributed by atoms with van der Waals surface area (Å²) in [5.41, 5.74) is 1.72. The van der Waals surface area contributed by atoms with Crippen molar-refractivity contribution in [1.29, 1.82) is 0 Å². The first-order valence-electron chi connectivity index (χ1n) is 5.55. The Kier molecular flexibility index (Phi) is 2.91. The molecule has 2 aliphatic rings. The minimum Gasteiger partial charge on any atom is -0.423 e. The highest BCUT2D eigenvalue weighted by Crippen LogP contribution is 2.37. The van der Waals surface area contributed by atoms with Gasteiger partial charge in [0.1, 0.15) is 5.76 Å². The second-order valence-corrected chi connectivity index (χ2v) is 4.10. The van der Waals surface area contributed by atoms with E-state index in [1.165, 1.54) is 0 Å². The highest BCUT2D eigenvalue weighted by molar-refractivity contribution is 5.94. The molecule has 3 heteroatoms. The van der Waals surface area contributed by atoms with Gasteiger partial charge in [-0.3, -0.25) is 0 Å². The van der Waals surface area contributed by atoms with Gasteiger partial charge in [0.05, 0.1) is 6.10 Å². The predicted molar refractivity (Wildman–Crippen MR) is 56.0 cm³/mol. The SMILES string of the molecule is CCC/C=C1\OC(=O)C2=C1CC(O)CC2. The van der Waals surface area contributed by atoms with Gasteiger partial charge in [-0.2, -0.15) is 0 Å². The third kappa shape index (κ3) is 1.97. The van der Waals surface area contributed by atoms with Crippen molar-refractivity contribution in [2.75, 3.05) is 0 Å². The molecule has 0 amide bonds. The molecule has 3 nitrogen and oxygen atoms in total. The van der Waals surface area contributed by atoms with E-state index in [1.807, 2.05) is 6.08 Å². The average Bonchev–Trinajstić information content (AvgIpc) is 2.52. The molecule has 1 aliphatic heterocycles. The van der Waals surface area contributed by atoms with Gasteiger partial charge in [0.15, 0.2) is 0 Å². The van der Waals surface area contributed by atoms with Gasteiger partial charge in [0, 0.05) is 17.6 Å². The number of hydrogen-bond donors (Lipinski definition) is 1. The molecular formula is C12H16O3. The molecule has 0 saturated carbocycles. The van der Waals surface area contributed by atoms with Crippen LogP contribution in [-0.4, -0.2) is 17.2 Å². The second-order valence-electron chi connectivity index (χ2n) is 4.10. The van der Waals surface area contributed by atoms with Gasteiger partial charge < -0.3 is 9.84 Å². The van der Waals surface area contributed by atoms with Gasteiger partial charge in [0.25, 0.3) is 0 Å². The summed E-state index contributed by atoms with van der Waals surface area (Å²) in [7, 11) is 0. The maximum atomic E-state index is 11.5. The zero-order valence-corrected chi connectivity index (χ0v) is 8.95. The van der Waals surface area contributed by atoms with Crippen molar-refractivity contribution in [2.24, 2.45) is 0 Å². The van der Waals surface area contributed by atoms with Crippen LogP contribution in [0.3, 0.4) is 0 Å². The van der Waals surface area contributed by atoms with Gasteiger partial charge in [-0.1, -0.05) is 13.3 Å². The van der Waals surface area contributed by atoms with Crippen LogP contribution in [0.2, 0.25) is 0 Å². The molecule has 1 aliphatic carbocycles. The summed E-state index contributed by atoms with van der Waals surface area (Å²) in [5, 5.41) is 9.56. The van der Waals surface area contributed by atoms with Crippen molar-refractivity contribution in [2.45, 2.75) is 45.1 Å². The summed E-state index contributed by atoms with van der Waals surface area (Å²) in [6.07, 6.45) is 5.48. The molecule has 1 N–H and O–H groups in total. The minimum absolute atomic E-state index is 0.209. The van der Waals surface area contributed by atoms with Gasteiger partial charge in [-0.05, 0) is 25.3 Å². The number of cyclic esters (lactones) is 1. The van der Waals surface area contributed by atoms with Crippen molar-refractivity contribution in [3.8, 4) is 0 Å². The smallest absolute Gasteiger partial charge is 0.339 e. The number of allylic oxidation sites excluding steroid dienone is 2. The molecule has 1 heterocycles. The molecule has 2 rings (SSSR count). The monoisotopic (exact) mass is 208 g/mol. The summed E-state index contributed by atoms with van der Waals surface area (Å²) in [6.45, 7) is 2.08. The third-order valence-corrected chi connectivity index (χ3v) is 2.90. The summed E-state index contributed by atoms with van der Waals surface area (Å²) in [6, 6.07) is 0. The van der Waals surface area contributed by atoms with E-state index in [0.29, 0.717) is 25.0 Å². The summed E-state index contributed by atoms with van der Waals surface area (Å²) in [5.74, 6) is 0.481. The number of aliphatic hydroxyl groups is 1. The van der Waals surface area contributed by atoms with E-state index in [4.69, 9.17) is 4.74 Å². The zero-order chi connectivity index (χ0) is 10.8. The van der Waals surface area contributed by atoms with Gasteiger partial charge >= 0.3 is 5.97 Å². The van der Waals surface area contributed by atoms with Crippen LogP contribution in [0.25, 0.3) is 0 Å². The van der Waals surface area contributed by atoms with E-state index in [0.717, 1.165) is 24.0 Å². The van der Waals surface area contributed by atoms with Gasteiger partial charge in [-0.25, -0.2) is 4.79 Å². The molecular weight excluding hydrogens is 192 g/mol. The molecule has 0 aromatic rings. The normalized spacial score (nSPS) is 28.3. The number of rotatable bonds is 2. The standard InChI is InChI=1S/C12H16O3/c1-2-3-4-11-10-7-8(13)5-6-9(10)12(14)15-11/h4,8,13H,2-3,5-7H2,1H3/b11-4-. The van der Waals surface area contributed by atoms with Crippen molar-refractivity contribution in [3.63, 3.8) is 0 Å². The molecule has 0 aromatic heterocycles. The Labute approximate surface area is 89.4 Å². The maximum Gasteiger partial charge on any atom is 0.339 e. The highest BCUT2D eigenvalue weighted by atomic mass is 16.5. The molecule has 82 valence electrons. The Morgan fingerprint density at radius 2 is 2.33 bits per heavy atom. The Morgan fingerprint density at radius 3 is 3.07 bits per heavy atom. The van der Waals surface area contributed by atoms with Crippen molar-refractivity contribution < 1.29 is 14.6 Å². The van der Waals surface area contributed by atoms with Crippen LogP contribution in [0.5, 0.6) is 0 Å². The molecule has 0 spiro atoms. The van der Waals surface area contributed by atoms with Crippen molar-refractivity contribution in [1.82, 2.24) is 0 Å². The molecule has 15 heavy (non-hydrogen) atoms. The average molecular weight is 208 g/mol. The van der Waals surface area contributed by atoms with Crippen molar-refractivity contribution >= 4 is 5.97 Å². The van der Waals surface area contributed by atoms with E-state index in [2.05, 4.69) is 6.92 Å². The largest absolute Gasteiger partial charge is 0.423 e. The first kappa shape index (κ1) is 10.4. The van der Waals surface area contributed by atoms with Crippen LogP contribution < -0.4 is 0 Å². The molecule has 0 saturated heterocycles. The molecule has 0 radical (unpaired) electrons. The summed E-state index contributed by atoms with van der Waals surface area (Å²) < 4.78 is 5.20. The Morgan fingerprint density at radius 1 is 1.53 bits per heavy atom. The number of unbranched alkanes of at least 4 members (excludes halogenated alkanes) is 1. The second kappa shape index (κ2) is 4.19. The number of carbonyl (C=O) groups is 1. The van der Waals surface area contributed by atoms with Crippen LogP contribution in [-0.2, 0) is 9.53 Å². The van der Waals surface area contributed by atoms with Gasteiger partial charge in [-0.15, -0.1) is 0 Å². The van der Waals surface area contributed by atoms with E-state index >= 15 is 0 Å². The van der Waals surface area contributed by atoms with Crippen LogP contribution in [0.4, 0.5) is 0 Å². The lowest BCUT2D eigenvalue weighted by molar-refractivity contribution is -0.133. The number of hydrogen-bond acceptors (Lipinski definition) is 3. The van der Waals surface area contributed by atoms with Crippen LogP contribution in [0.15, 0.2) is 23.0 Å². The Balaban J connectivity index is 2.24. The Hall–Kier alpha value is -1.09. The molecule has 0 aromatic carbocycles. The highest BCUT2D eigenvalue weighted by Gasteiger charge is 2.33. The fraction of sp³-hybridized carbons (Fsp3) is 0.583. The summed E-state index contributed by atoms with van der Waals surface area (Å²) in [4.78, 5) is 11.5. The van der Waals surface area contributed by atoms with E-state index in [-0.39, 0.29) is 12.1 Å². The first-order valence-corrected chi connectivity index (χ1v) is 5.55. The van der Waals surface area contributed by atoms with Crippen LogP contribution in [0.1, 0.15) is 39.0 Å². The van der Waals surface area contributed by atoms with Crippen LogP contribution in [0, 0.1) is 0 Å². The molecule has 1 atom stereocenters. The lowest BCUT2D eigenvalue weighted by Crippen LogP contribution is -2.14. The van der Waals surface area contributed by atoms with Crippen LogP contribution >= 0.6 is 0 Å². The van der Waals surface area contributed by atoms with Gasteiger partial charge in [0.2, 0.25) is 0 Å². The lowest BCUT2D eigenvalue weighted by Gasteiger charge is -2.16.